The normalized spacial score (nSPS) is 14.2. The van der Waals surface area contributed by atoms with Gasteiger partial charge >= 0.3 is 0 Å². The van der Waals surface area contributed by atoms with Crippen molar-refractivity contribution in [3.05, 3.63) is 70.6 Å². The van der Waals surface area contributed by atoms with Gasteiger partial charge in [-0.1, -0.05) is 11.6 Å². The molecule has 5 rings (SSSR count). The molecule has 4 aromatic rings. The van der Waals surface area contributed by atoms with E-state index in [-0.39, 0.29) is 40.4 Å². The summed E-state index contributed by atoms with van der Waals surface area (Å²) >= 11 is 6.18. The van der Waals surface area contributed by atoms with Crippen LogP contribution in [0.5, 0.6) is 5.75 Å². The lowest BCUT2D eigenvalue weighted by Crippen LogP contribution is -2.24. The summed E-state index contributed by atoms with van der Waals surface area (Å²) in [4.78, 5) is 32.6. The number of ether oxygens (including phenoxy) is 1. The fourth-order valence-corrected chi connectivity index (χ4v) is 3.76. The third-order valence-corrected chi connectivity index (χ3v) is 5.83. The van der Waals surface area contributed by atoms with Gasteiger partial charge in [-0.25, -0.2) is 23.3 Å². The van der Waals surface area contributed by atoms with Gasteiger partial charge in [-0.05, 0) is 43.0 Å². The molecule has 1 aliphatic rings. The highest BCUT2D eigenvalue weighted by Gasteiger charge is 2.24. The number of amides is 2. The van der Waals surface area contributed by atoms with Gasteiger partial charge in [0.15, 0.2) is 23.0 Å². The van der Waals surface area contributed by atoms with E-state index in [1.165, 1.54) is 23.7 Å². The predicted octanol–water partition coefficient (Wildman–Crippen LogP) is 4.40. The number of hydrogen-bond acceptors (Lipinski definition) is 6. The fraction of sp³-hybridized carbons (Fsp3) is 0.240. The van der Waals surface area contributed by atoms with Crippen LogP contribution < -0.4 is 15.4 Å². The first-order chi connectivity index (χ1) is 18.2. The topological polar surface area (TPSA) is 111 Å². The average molecular weight is 528 g/mol. The highest BCUT2D eigenvalue weighted by atomic mass is 35.5. The molecule has 9 nitrogen and oxygen atoms in total. The van der Waals surface area contributed by atoms with Gasteiger partial charge in [0.1, 0.15) is 11.0 Å². The molecule has 12 heteroatoms. The van der Waals surface area contributed by atoms with E-state index < -0.39 is 24.1 Å². The summed E-state index contributed by atoms with van der Waals surface area (Å²) in [5, 5.41) is 9.53. The van der Waals surface area contributed by atoms with Gasteiger partial charge in [-0.15, -0.1) is 0 Å². The largest absolute Gasteiger partial charge is 0.490 e. The SMILES string of the molecule is [2H]C(Oc1c(F)cc(F)cc1CNC(=O)c1cc(-c2ccc3nc(NC(C)=O)cn3n2)cnc1Cl)C1CC1. The van der Waals surface area contributed by atoms with Crippen LogP contribution in [0.25, 0.3) is 16.9 Å². The summed E-state index contributed by atoms with van der Waals surface area (Å²) in [5.74, 6) is -2.63. The number of carbonyl (C=O) groups excluding carboxylic acids is 2. The Morgan fingerprint density at radius 3 is 2.84 bits per heavy atom. The Bertz CT molecular complexity index is 1560. The van der Waals surface area contributed by atoms with Crippen molar-refractivity contribution in [3.8, 4) is 17.0 Å². The Morgan fingerprint density at radius 2 is 2.08 bits per heavy atom. The van der Waals surface area contributed by atoms with Crippen LogP contribution in [0, 0.1) is 17.6 Å². The lowest BCUT2D eigenvalue weighted by atomic mass is 10.1. The Kier molecular flexibility index (Phi) is 6.35. The highest BCUT2D eigenvalue weighted by Crippen LogP contribution is 2.32. The van der Waals surface area contributed by atoms with Crippen LogP contribution in [-0.2, 0) is 11.3 Å². The monoisotopic (exact) mass is 527 g/mol. The van der Waals surface area contributed by atoms with Gasteiger partial charge in [-0.2, -0.15) is 5.10 Å². The highest BCUT2D eigenvalue weighted by molar-refractivity contribution is 6.32. The number of halogens is 3. The molecule has 3 aromatic heterocycles. The summed E-state index contributed by atoms with van der Waals surface area (Å²) in [5.41, 5.74) is 1.49. The van der Waals surface area contributed by atoms with E-state index in [1.54, 1.807) is 18.3 Å². The lowest BCUT2D eigenvalue weighted by molar-refractivity contribution is -0.114. The maximum absolute atomic E-state index is 14.5. The molecular weight excluding hydrogens is 506 g/mol. The van der Waals surface area contributed by atoms with Crippen LogP contribution in [0.3, 0.4) is 0 Å². The van der Waals surface area contributed by atoms with Crippen LogP contribution in [0.4, 0.5) is 14.6 Å². The number of aromatic nitrogens is 4. The van der Waals surface area contributed by atoms with E-state index in [0.29, 0.717) is 28.8 Å². The van der Waals surface area contributed by atoms with Crippen molar-refractivity contribution in [2.24, 2.45) is 5.92 Å². The quantitative estimate of drug-likeness (QED) is 0.329. The summed E-state index contributed by atoms with van der Waals surface area (Å²) in [7, 11) is 0. The second-order valence-electron chi connectivity index (χ2n) is 8.54. The molecule has 0 radical (unpaired) electrons. The number of benzene rings is 1. The van der Waals surface area contributed by atoms with Crippen LogP contribution in [0.2, 0.25) is 5.15 Å². The number of fused-ring (bicyclic) bond motifs is 1. The summed E-state index contributed by atoms with van der Waals surface area (Å²) < 4.78 is 43.3. The maximum atomic E-state index is 14.5. The molecule has 1 atom stereocenters. The van der Waals surface area contributed by atoms with Crippen LogP contribution in [0.1, 0.15) is 37.1 Å². The molecule has 1 aliphatic carbocycles. The third kappa shape index (κ3) is 5.67. The van der Waals surface area contributed by atoms with Crippen LogP contribution in [-0.4, -0.2) is 38.0 Å². The Balaban J connectivity index is 1.36. The van der Waals surface area contributed by atoms with E-state index >= 15 is 0 Å². The molecule has 0 saturated heterocycles. The van der Waals surface area contributed by atoms with Crippen LogP contribution in [0.15, 0.2) is 42.7 Å². The standard InChI is InChI=1S/C25H21ClF2N6O3/c1-13(35)31-21-11-34-22(32-21)5-4-20(33-34)15-7-18(24(26)29-9-15)25(36)30-10-16-6-17(27)8-19(28)23(16)37-12-14-2-3-14/h4-9,11,14H,2-3,10,12H2,1H3,(H,30,36)(H,31,35)/i12D. The van der Waals surface area contributed by atoms with Crippen molar-refractivity contribution in [1.29, 1.82) is 0 Å². The summed E-state index contributed by atoms with van der Waals surface area (Å²) in [6.45, 7) is 0.120. The minimum atomic E-state index is -0.977. The first-order valence-electron chi connectivity index (χ1n) is 11.9. The summed E-state index contributed by atoms with van der Waals surface area (Å²) in [6.07, 6.45) is 4.60. The molecule has 3 heterocycles. The van der Waals surface area contributed by atoms with Gasteiger partial charge in [0.05, 0.1) is 25.4 Å². The average Bonchev–Trinajstić information content (AvgIpc) is 3.64. The molecule has 1 aromatic carbocycles. The molecule has 1 saturated carbocycles. The third-order valence-electron chi connectivity index (χ3n) is 5.53. The molecule has 0 bridgehead atoms. The van der Waals surface area contributed by atoms with Gasteiger partial charge in [0, 0.05) is 36.9 Å². The smallest absolute Gasteiger partial charge is 0.254 e. The Hall–Kier alpha value is -4.12. The Labute approximate surface area is 216 Å². The molecule has 2 N–H and O–H groups in total. The molecule has 1 fully saturated rings. The fourth-order valence-electron chi connectivity index (χ4n) is 3.57. The van der Waals surface area contributed by atoms with Crippen molar-refractivity contribution >= 4 is 34.9 Å². The van der Waals surface area contributed by atoms with Crippen molar-refractivity contribution in [2.45, 2.75) is 26.3 Å². The minimum absolute atomic E-state index is 0.00153. The molecule has 37 heavy (non-hydrogen) atoms. The zero-order valence-corrected chi connectivity index (χ0v) is 20.2. The molecule has 0 spiro atoms. The number of nitrogens with zero attached hydrogens (tertiary/aromatic N) is 4. The van der Waals surface area contributed by atoms with Gasteiger partial charge in [0.25, 0.3) is 5.91 Å². The van der Waals surface area contributed by atoms with Crippen molar-refractivity contribution in [3.63, 3.8) is 0 Å². The van der Waals surface area contributed by atoms with Crippen molar-refractivity contribution < 1.29 is 24.5 Å². The number of imidazole rings is 1. The van der Waals surface area contributed by atoms with Crippen molar-refractivity contribution in [1.82, 2.24) is 24.9 Å². The second-order valence-corrected chi connectivity index (χ2v) is 8.90. The van der Waals surface area contributed by atoms with Gasteiger partial charge in [0.2, 0.25) is 5.91 Å². The zero-order chi connectivity index (χ0) is 27.0. The molecule has 0 aliphatic heterocycles. The number of anilines is 1. The second kappa shape index (κ2) is 10.1. The predicted molar refractivity (Wildman–Crippen MR) is 131 cm³/mol. The van der Waals surface area contributed by atoms with E-state index in [0.717, 1.165) is 18.9 Å². The number of rotatable bonds is 8. The molecule has 1 unspecified atom stereocenters. The minimum Gasteiger partial charge on any atom is -0.490 e. The zero-order valence-electron chi connectivity index (χ0n) is 20.5. The number of hydrogen-bond donors (Lipinski definition) is 2. The van der Waals surface area contributed by atoms with E-state index in [9.17, 15) is 18.4 Å². The van der Waals surface area contributed by atoms with Gasteiger partial charge in [-0.3, -0.25) is 9.59 Å². The van der Waals surface area contributed by atoms with E-state index in [1.807, 2.05) is 0 Å². The first-order valence-corrected chi connectivity index (χ1v) is 11.7. The molecule has 2 amide bonds. The van der Waals surface area contributed by atoms with E-state index in [4.69, 9.17) is 17.7 Å². The van der Waals surface area contributed by atoms with Crippen LogP contribution >= 0.6 is 11.6 Å². The van der Waals surface area contributed by atoms with E-state index in [2.05, 4.69) is 25.7 Å². The number of nitrogens with one attached hydrogen (secondary N) is 2. The molecule has 190 valence electrons. The van der Waals surface area contributed by atoms with Crippen molar-refractivity contribution in [2.75, 3.05) is 11.9 Å². The van der Waals surface area contributed by atoms with Gasteiger partial charge < -0.3 is 15.4 Å². The lowest BCUT2D eigenvalue weighted by Gasteiger charge is -2.14. The molecular formula is C25H21ClF2N6O3. The Morgan fingerprint density at radius 1 is 1.27 bits per heavy atom. The number of pyridine rings is 1. The maximum Gasteiger partial charge on any atom is 0.254 e. The first kappa shape index (κ1) is 23.3. The number of carbonyl (C=O) groups is 2. The summed E-state index contributed by atoms with van der Waals surface area (Å²) in [6, 6.07) is 6.56.